The number of nitrogens with one attached hydrogen (secondary N) is 3. The summed E-state index contributed by atoms with van der Waals surface area (Å²) in [5.41, 5.74) is 2.07. The molecular formula is C22H35FIN5O. The first-order chi connectivity index (χ1) is 14.2. The van der Waals surface area contributed by atoms with Gasteiger partial charge in [-0.2, -0.15) is 0 Å². The second kappa shape index (κ2) is 13.1. The van der Waals surface area contributed by atoms with Crippen molar-refractivity contribution in [1.82, 2.24) is 20.5 Å². The number of aliphatic imine (C=N–C) groups is 1. The van der Waals surface area contributed by atoms with E-state index in [1.54, 1.807) is 19.2 Å². The summed E-state index contributed by atoms with van der Waals surface area (Å²) in [4.78, 5) is 10.5. The number of hydrogen-bond acceptors (Lipinski definition) is 3. The monoisotopic (exact) mass is 531 g/mol. The fraction of sp³-hybridized carbons (Fsp3) is 0.591. The SMILES string of the molecule is CCNC(=NCCc1c[nH]c2ccc(F)cc12)NC1CCN(CCCOC)CC1.I. The quantitative estimate of drug-likeness (QED) is 0.201. The lowest BCUT2D eigenvalue weighted by atomic mass is 10.1. The van der Waals surface area contributed by atoms with Gasteiger partial charge in [0.05, 0.1) is 0 Å². The minimum absolute atomic E-state index is 0. The van der Waals surface area contributed by atoms with Crippen LogP contribution in [0.1, 0.15) is 31.7 Å². The van der Waals surface area contributed by atoms with E-state index < -0.39 is 0 Å². The first-order valence-electron chi connectivity index (χ1n) is 10.7. The molecule has 1 saturated heterocycles. The molecule has 0 saturated carbocycles. The Morgan fingerprint density at radius 1 is 1.33 bits per heavy atom. The van der Waals surface area contributed by atoms with E-state index in [1.807, 2.05) is 6.20 Å². The molecule has 0 atom stereocenters. The van der Waals surface area contributed by atoms with Crippen LogP contribution in [0.3, 0.4) is 0 Å². The molecule has 6 nitrogen and oxygen atoms in total. The largest absolute Gasteiger partial charge is 0.385 e. The molecule has 2 heterocycles. The molecule has 0 aliphatic carbocycles. The van der Waals surface area contributed by atoms with Crippen LogP contribution < -0.4 is 10.6 Å². The van der Waals surface area contributed by atoms with Gasteiger partial charge in [0, 0.05) is 69.6 Å². The van der Waals surface area contributed by atoms with Gasteiger partial charge in [0.25, 0.3) is 0 Å². The number of aromatic nitrogens is 1. The third-order valence-corrected chi connectivity index (χ3v) is 5.48. The molecule has 3 N–H and O–H groups in total. The lowest BCUT2D eigenvalue weighted by Crippen LogP contribution is -2.49. The number of piperidine rings is 1. The highest BCUT2D eigenvalue weighted by Gasteiger charge is 2.19. The number of H-pyrrole nitrogens is 1. The fourth-order valence-corrected chi connectivity index (χ4v) is 3.89. The Labute approximate surface area is 196 Å². The second-order valence-corrected chi connectivity index (χ2v) is 7.62. The zero-order valence-electron chi connectivity index (χ0n) is 18.0. The number of guanidine groups is 1. The number of rotatable bonds is 9. The van der Waals surface area contributed by atoms with Crippen LogP contribution in [0.2, 0.25) is 0 Å². The Balaban J connectivity index is 0.00000320. The summed E-state index contributed by atoms with van der Waals surface area (Å²) in [6.45, 7) is 7.74. The zero-order valence-corrected chi connectivity index (χ0v) is 20.4. The van der Waals surface area contributed by atoms with Gasteiger partial charge in [0.2, 0.25) is 0 Å². The Bertz CT molecular complexity index is 789. The zero-order chi connectivity index (χ0) is 20.5. The van der Waals surface area contributed by atoms with E-state index in [1.165, 1.54) is 6.07 Å². The van der Waals surface area contributed by atoms with E-state index in [0.717, 1.165) is 80.9 Å². The molecule has 0 unspecified atom stereocenters. The van der Waals surface area contributed by atoms with Gasteiger partial charge < -0.3 is 25.3 Å². The van der Waals surface area contributed by atoms with E-state index in [-0.39, 0.29) is 29.8 Å². The van der Waals surface area contributed by atoms with Crippen LogP contribution >= 0.6 is 24.0 Å². The van der Waals surface area contributed by atoms with Crippen molar-refractivity contribution in [2.75, 3.05) is 46.4 Å². The van der Waals surface area contributed by atoms with Crippen molar-refractivity contribution < 1.29 is 9.13 Å². The topological polar surface area (TPSA) is 64.7 Å². The van der Waals surface area contributed by atoms with Gasteiger partial charge in [-0.05, 0) is 56.4 Å². The standard InChI is InChI=1S/C22H34FN5O.HI/c1-3-24-22(27-19-8-12-28(13-9-19)11-4-14-29-2)25-10-7-17-16-26-21-6-5-18(23)15-20(17)21;/h5-6,15-16,19,26H,3-4,7-14H2,1-2H3,(H2,24,25,27);1H. The van der Waals surface area contributed by atoms with Crippen LogP contribution in [0.5, 0.6) is 0 Å². The number of benzene rings is 1. The van der Waals surface area contributed by atoms with Crippen molar-refractivity contribution in [3.05, 3.63) is 35.8 Å². The molecule has 0 radical (unpaired) electrons. The third kappa shape index (κ3) is 7.39. The van der Waals surface area contributed by atoms with Crippen LogP contribution in [0.15, 0.2) is 29.4 Å². The normalized spacial score (nSPS) is 15.9. The molecule has 1 aliphatic heterocycles. The number of hydrogen-bond donors (Lipinski definition) is 3. The average Bonchev–Trinajstić information content (AvgIpc) is 3.12. The van der Waals surface area contributed by atoms with Crippen molar-refractivity contribution in [2.45, 2.75) is 38.6 Å². The number of likely N-dealkylation sites (tertiary alicyclic amines) is 1. The van der Waals surface area contributed by atoms with E-state index >= 15 is 0 Å². The smallest absolute Gasteiger partial charge is 0.191 e. The number of aromatic amines is 1. The van der Waals surface area contributed by atoms with Gasteiger partial charge in [-0.1, -0.05) is 0 Å². The number of methoxy groups -OCH3 is 1. The van der Waals surface area contributed by atoms with E-state index in [4.69, 9.17) is 9.73 Å². The number of fused-ring (bicyclic) bond motifs is 1. The number of halogens is 2. The maximum atomic E-state index is 13.5. The molecule has 1 aliphatic rings. The first kappa shape index (κ1) is 24.9. The minimum Gasteiger partial charge on any atom is -0.385 e. The Morgan fingerprint density at radius 2 is 2.13 bits per heavy atom. The Morgan fingerprint density at radius 3 is 2.87 bits per heavy atom. The van der Waals surface area contributed by atoms with Gasteiger partial charge in [0.15, 0.2) is 5.96 Å². The molecule has 0 amide bonds. The van der Waals surface area contributed by atoms with Crippen molar-refractivity contribution in [3.63, 3.8) is 0 Å². The third-order valence-electron chi connectivity index (χ3n) is 5.48. The summed E-state index contributed by atoms with van der Waals surface area (Å²) < 4.78 is 18.7. The van der Waals surface area contributed by atoms with Crippen molar-refractivity contribution in [1.29, 1.82) is 0 Å². The molecular weight excluding hydrogens is 496 g/mol. The highest BCUT2D eigenvalue weighted by atomic mass is 127. The summed E-state index contributed by atoms with van der Waals surface area (Å²) in [7, 11) is 1.76. The molecule has 0 bridgehead atoms. The summed E-state index contributed by atoms with van der Waals surface area (Å²) in [5, 5.41) is 7.88. The van der Waals surface area contributed by atoms with Gasteiger partial charge in [0.1, 0.15) is 5.82 Å². The molecule has 8 heteroatoms. The molecule has 1 aromatic carbocycles. The van der Waals surface area contributed by atoms with Gasteiger partial charge in [-0.15, -0.1) is 24.0 Å². The average molecular weight is 531 g/mol. The summed E-state index contributed by atoms with van der Waals surface area (Å²) in [6.07, 6.45) is 6.08. The Hall–Kier alpha value is -1.39. The van der Waals surface area contributed by atoms with Gasteiger partial charge >= 0.3 is 0 Å². The highest BCUT2D eigenvalue weighted by molar-refractivity contribution is 14.0. The van der Waals surface area contributed by atoms with Crippen LogP contribution in [-0.4, -0.2) is 68.3 Å². The molecule has 1 fully saturated rings. The van der Waals surface area contributed by atoms with Crippen LogP contribution in [0.4, 0.5) is 4.39 Å². The maximum Gasteiger partial charge on any atom is 0.191 e. The molecule has 1 aromatic heterocycles. The van der Waals surface area contributed by atoms with Crippen LogP contribution in [0.25, 0.3) is 10.9 Å². The van der Waals surface area contributed by atoms with E-state index in [2.05, 4.69) is 27.4 Å². The molecule has 3 rings (SSSR count). The number of nitrogens with zero attached hydrogens (tertiary/aromatic N) is 2. The molecule has 2 aromatic rings. The lowest BCUT2D eigenvalue weighted by molar-refractivity contribution is 0.155. The predicted octanol–water partition coefficient (Wildman–Crippen LogP) is 3.52. The Kier molecular flexibility index (Phi) is 10.9. The fourth-order valence-electron chi connectivity index (χ4n) is 3.89. The van der Waals surface area contributed by atoms with Crippen LogP contribution in [-0.2, 0) is 11.2 Å². The van der Waals surface area contributed by atoms with E-state index in [9.17, 15) is 4.39 Å². The van der Waals surface area contributed by atoms with Crippen molar-refractivity contribution >= 4 is 40.8 Å². The summed E-state index contributed by atoms with van der Waals surface area (Å²) >= 11 is 0. The summed E-state index contributed by atoms with van der Waals surface area (Å²) in [6, 6.07) is 5.31. The molecule has 0 spiro atoms. The lowest BCUT2D eigenvalue weighted by Gasteiger charge is -2.33. The molecule has 30 heavy (non-hydrogen) atoms. The number of ether oxygens (including phenoxy) is 1. The highest BCUT2D eigenvalue weighted by Crippen LogP contribution is 2.19. The second-order valence-electron chi connectivity index (χ2n) is 7.62. The van der Waals surface area contributed by atoms with Crippen molar-refractivity contribution in [3.8, 4) is 0 Å². The maximum absolute atomic E-state index is 13.5. The van der Waals surface area contributed by atoms with Crippen LogP contribution in [0, 0.1) is 5.82 Å². The van der Waals surface area contributed by atoms with Gasteiger partial charge in [-0.25, -0.2) is 4.39 Å². The first-order valence-corrected chi connectivity index (χ1v) is 10.7. The van der Waals surface area contributed by atoms with E-state index in [0.29, 0.717) is 12.6 Å². The minimum atomic E-state index is -0.203. The molecule has 168 valence electrons. The predicted molar refractivity (Wildman–Crippen MR) is 132 cm³/mol. The van der Waals surface area contributed by atoms with Gasteiger partial charge in [-0.3, -0.25) is 4.99 Å². The van der Waals surface area contributed by atoms with Crippen molar-refractivity contribution in [2.24, 2.45) is 4.99 Å². The summed E-state index contributed by atoms with van der Waals surface area (Å²) in [5.74, 6) is 0.668.